The van der Waals surface area contributed by atoms with Crippen LogP contribution in [-0.4, -0.2) is 26.9 Å². The molecule has 0 aliphatic carbocycles. The predicted octanol–water partition coefficient (Wildman–Crippen LogP) is 5.69. The van der Waals surface area contributed by atoms with Crippen molar-refractivity contribution >= 4 is 16.8 Å². The zero-order valence-electron chi connectivity index (χ0n) is 17.6. The van der Waals surface area contributed by atoms with Crippen LogP contribution in [0.15, 0.2) is 55.0 Å². The Morgan fingerprint density at radius 1 is 1.17 bits per heavy atom. The Morgan fingerprint density at radius 2 is 2.03 bits per heavy atom. The van der Waals surface area contributed by atoms with Crippen molar-refractivity contribution < 1.29 is 4.79 Å². The summed E-state index contributed by atoms with van der Waals surface area (Å²) in [5.41, 5.74) is 3.81. The average molecular weight is 390 g/mol. The molecule has 0 saturated carbocycles. The van der Waals surface area contributed by atoms with Gasteiger partial charge in [0.2, 0.25) is 5.91 Å². The van der Waals surface area contributed by atoms with Gasteiger partial charge in [-0.1, -0.05) is 24.3 Å². The summed E-state index contributed by atoms with van der Waals surface area (Å²) in [6.45, 7) is 5.30. The Kier molecular flexibility index (Phi) is 5.98. The van der Waals surface area contributed by atoms with Gasteiger partial charge in [-0.2, -0.15) is 0 Å². The van der Waals surface area contributed by atoms with E-state index in [4.69, 9.17) is 0 Å². The highest BCUT2D eigenvalue weighted by atomic mass is 16.2. The third kappa shape index (κ3) is 4.21. The zero-order chi connectivity index (χ0) is 20.2. The molecule has 1 fully saturated rings. The fraction of sp³-hybridized carbons (Fsp3) is 0.440. The number of amides is 1. The molecular weight excluding hydrogens is 358 g/mol. The van der Waals surface area contributed by atoms with Crippen molar-refractivity contribution in [2.45, 2.75) is 64.5 Å². The van der Waals surface area contributed by atoms with Gasteiger partial charge >= 0.3 is 0 Å². The second-order valence-corrected chi connectivity index (χ2v) is 8.41. The number of carbonyl (C=O) groups excluding carboxylic acids is 1. The summed E-state index contributed by atoms with van der Waals surface area (Å²) in [5, 5.41) is 1.32. The summed E-state index contributed by atoms with van der Waals surface area (Å²) in [7, 11) is 0. The number of fused-ring (bicyclic) bond motifs is 1. The lowest BCUT2D eigenvalue weighted by Crippen LogP contribution is -2.38. The molecule has 1 aromatic carbocycles. The first-order chi connectivity index (χ1) is 14.1. The Labute approximate surface area is 173 Å². The van der Waals surface area contributed by atoms with Crippen molar-refractivity contribution in [1.82, 2.24) is 14.5 Å². The summed E-state index contributed by atoms with van der Waals surface area (Å²) in [6, 6.07) is 13.3. The lowest BCUT2D eigenvalue weighted by molar-refractivity contribution is -0.135. The lowest BCUT2D eigenvalue weighted by atomic mass is 9.95. The van der Waals surface area contributed by atoms with E-state index in [1.807, 2.05) is 12.3 Å². The number of carbonyl (C=O) groups is 1. The number of likely N-dealkylation sites (tertiary alicyclic amines) is 1. The van der Waals surface area contributed by atoms with Crippen LogP contribution in [0.3, 0.4) is 0 Å². The smallest absolute Gasteiger partial charge is 0.223 e. The molecule has 2 aromatic heterocycles. The van der Waals surface area contributed by atoms with Crippen LogP contribution in [0.5, 0.6) is 0 Å². The lowest BCUT2D eigenvalue weighted by Gasteiger charge is -2.36. The summed E-state index contributed by atoms with van der Waals surface area (Å²) in [6.07, 6.45) is 11.8. The van der Waals surface area contributed by atoms with E-state index in [-0.39, 0.29) is 11.9 Å². The van der Waals surface area contributed by atoms with E-state index in [9.17, 15) is 4.79 Å². The summed E-state index contributed by atoms with van der Waals surface area (Å²) in [4.78, 5) is 19.4. The Bertz CT molecular complexity index is 961. The van der Waals surface area contributed by atoms with Gasteiger partial charge < -0.3 is 9.47 Å². The highest BCUT2D eigenvalue weighted by Crippen LogP contribution is 2.31. The molecule has 0 N–H and O–H groups in total. The van der Waals surface area contributed by atoms with E-state index < -0.39 is 0 Å². The molecule has 4 nitrogen and oxygen atoms in total. The molecule has 0 spiro atoms. The van der Waals surface area contributed by atoms with Crippen molar-refractivity contribution in [3.8, 4) is 0 Å². The van der Waals surface area contributed by atoms with Gasteiger partial charge in [-0.3, -0.25) is 9.78 Å². The fourth-order valence-electron chi connectivity index (χ4n) is 4.63. The van der Waals surface area contributed by atoms with Crippen LogP contribution in [-0.2, 0) is 11.2 Å². The van der Waals surface area contributed by atoms with E-state index in [1.165, 1.54) is 28.5 Å². The SMILES string of the molecule is CC(C)n1cc(CCCC(=O)N2CCCC[C@H]2c2cccnc2)c2ccccc21. The van der Waals surface area contributed by atoms with Crippen LogP contribution in [0, 0.1) is 0 Å². The molecule has 3 heterocycles. The van der Waals surface area contributed by atoms with E-state index in [0.29, 0.717) is 12.5 Å². The van der Waals surface area contributed by atoms with Crippen LogP contribution in [0.2, 0.25) is 0 Å². The van der Waals surface area contributed by atoms with Crippen molar-refractivity contribution in [2.24, 2.45) is 0 Å². The van der Waals surface area contributed by atoms with E-state index in [1.54, 1.807) is 6.20 Å². The van der Waals surface area contributed by atoms with Crippen LogP contribution in [0.4, 0.5) is 0 Å². The highest BCUT2D eigenvalue weighted by Gasteiger charge is 2.27. The van der Waals surface area contributed by atoms with Crippen molar-refractivity contribution in [3.63, 3.8) is 0 Å². The number of nitrogens with zero attached hydrogens (tertiary/aromatic N) is 3. The van der Waals surface area contributed by atoms with Gasteiger partial charge in [0, 0.05) is 48.5 Å². The number of pyridine rings is 1. The monoisotopic (exact) mass is 389 g/mol. The topological polar surface area (TPSA) is 38.1 Å². The highest BCUT2D eigenvalue weighted by molar-refractivity contribution is 5.84. The molecule has 1 amide bonds. The fourth-order valence-corrected chi connectivity index (χ4v) is 4.63. The molecule has 1 aliphatic heterocycles. The third-order valence-corrected chi connectivity index (χ3v) is 6.11. The first-order valence-electron chi connectivity index (χ1n) is 10.9. The normalized spacial score (nSPS) is 17.2. The molecule has 29 heavy (non-hydrogen) atoms. The number of rotatable bonds is 6. The number of hydrogen-bond donors (Lipinski definition) is 0. The van der Waals surface area contributed by atoms with Gasteiger partial charge in [-0.05, 0) is 69.2 Å². The summed E-state index contributed by atoms with van der Waals surface area (Å²) >= 11 is 0. The quantitative estimate of drug-likeness (QED) is 0.543. The van der Waals surface area contributed by atoms with Crippen LogP contribution in [0.1, 0.15) is 69.2 Å². The zero-order valence-corrected chi connectivity index (χ0v) is 17.6. The molecule has 0 radical (unpaired) electrons. The molecule has 0 bridgehead atoms. The average Bonchev–Trinajstić information content (AvgIpc) is 3.13. The number of piperidine rings is 1. The molecule has 1 aliphatic rings. The molecule has 1 atom stereocenters. The van der Waals surface area contributed by atoms with Crippen molar-refractivity contribution in [2.75, 3.05) is 6.54 Å². The number of hydrogen-bond acceptors (Lipinski definition) is 2. The van der Waals surface area contributed by atoms with Gasteiger partial charge in [-0.25, -0.2) is 0 Å². The van der Waals surface area contributed by atoms with Crippen LogP contribution >= 0.6 is 0 Å². The van der Waals surface area contributed by atoms with Crippen molar-refractivity contribution in [3.05, 3.63) is 66.1 Å². The van der Waals surface area contributed by atoms with Gasteiger partial charge in [0.25, 0.3) is 0 Å². The minimum Gasteiger partial charge on any atom is -0.345 e. The molecule has 0 unspecified atom stereocenters. The number of aryl methyl sites for hydroxylation is 1. The van der Waals surface area contributed by atoms with Crippen LogP contribution < -0.4 is 0 Å². The summed E-state index contributed by atoms with van der Waals surface area (Å²) in [5.74, 6) is 0.283. The Hall–Kier alpha value is -2.62. The molecule has 4 heteroatoms. The summed E-state index contributed by atoms with van der Waals surface area (Å²) < 4.78 is 2.34. The Balaban J connectivity index is 1.43. The molecular formula is C25H31N3O. The second kappa shape index (κ2) is 8.81. The predicted molar refractivity (Wildman–Crippen MR) is 118 cm³/mol. The number of benzene rings is 1. The maximum Gasteiger partial charge on any atom is 0.223 e. The van der Waals surface area contributed by atoms with E-state index >= 15 is 0 Å². The standard InChI is InChI=1S/C25H31N3O/c1-19(2)28-18-21(22-11-3-4-13-24(22)28)9-7-14-25(29)27-16-6-5-12-23(27)20-10-8-15-26-17-20/h3-4,8,10-11,13,15,17-19,23H,5-7,9,12,14,16H2,1-2H3/t23-/m0/s1. The number of aromatic nitrogens is 2. The third-order valence-electron chi connectivity index (χ3n) is 6.11. The van der Waals surface area contributed by atoms with E-state index in [2.05, 4.69) is 64.8 Å². The second-order valence-electron chi connectivity index (χ2n) is 8.41. The van der Waals surface area contributed by atoms with Gasteiger partial charge in [-0.15, -0.1) is 0 Å². The van der Waals surface area contributed by atoms with Crippen molar-refractivity contribution in [1.29, 1.82) is 0 Å². The van der Waals surface area contributed by atoms with Gasteiger partial charge in [0.05, 0.1) is 6.04 Å². The molecule has 152 valence electrons. The van der Waals surface area contributed by atoms with Gasteiger partial charge in [0.1, 0.15) is 0 Å². The minimum absolute atomic E-state index is 0.188. The van der Waals surface area contributed by atoms with Crippen LogP contribution in [0.25, 0.3) is 10.9 Å². The first kappa shape index (κ1) is 19.7. The molecule has 4 rings (SSSR count). The van der Waals surface area contributed by atoms with Gasteiger partial charge in [0.15, 0.2) is 0 Å². The minimum atomic E-state index is 0.188. The first-order valence-corrected chi connectivity index (χ1v) is 10.9. The maximum absolute atomic E-state index is 13.0. The molecule has 3 aromatic rings. The Morgan fingerprint density at radius 3 is 2.83 bits per heavy atom. The largest absolute Gasteiger partial charge is 0.345 e. The maximum atomic E-state index is 13.0. The van der Waals surface area contributed by atoms with E-state index in [0.717, 1.165) is 32.2 Å². The molecule has 1 saturated heterocycles. The number of para-hydroxylation sites is 1.